The Kier molecular flexibility index (Phi) is 4.76. The van der Waals surface area contributed by atoms with Crippen molar-refractivity contribution in [2.75, 3.05) is 30.7 Å². The van der Waals surface area contributed by atoms with Crippen molar-refractivity contribution in [2.45, 2.75) is 32.5 Å². The van der Waals surface area contributed by atoms with Crippen LogP contribution in [0.3, 0.4) is 0 Å². The van der Waals surface area contributed by atoms with Gasteiger partial charge in [-0.25, -0.2) is 0 Å². The van der Waals surface area contributed by atoms with E-state index in [-0.39, 0.29) is 17.6 Å². The maximum Gasteiger partial charge on any atom is 0.238 e. The van der Waals surface area contributed by atoms with Crippen LogP contribution in [-0.2, 0) is 9.53 Å². The third kappa shape index (κ3) is 4.59. The largest absolute Gasteiger partial charge is 0.399 e. The number of amides is 1. The zero-order valence-corrected chi connectivity index (χ0v) is 13.4. The number of hydrogen-bond acceptors (Lipinski definition) is 4. The maximum absolute atomic E-state index is 12.2. The minimum Gasteiger partial charge on any atom is -0.399 e. The molecule has 1 aliphatic rings. The molecule has 6 heteroatoms. The predicted octanol–water partition coefficient (Wildman–Crippen LogP) is 2.36. The summed E-state index contributed by atoms with van der Waals surface area (Å²) in [4.78, 5) is 14.3. The van der Waals surface area contributed by atoms with E-state index in [2.05, 4.69) is 10.2 Å². The van der Waals surface area contributed by atoms with Crippen molar-refractivity contribution in [3.8, 4) is 0 Å². The van der Waals surface area contributed by atoms with Gasteiger partial charge in [-0.1, -0.05) is 11.6 Å². The first-order valence-corrected chi connectivity index (χ1v) is 7.38. The fraction of sp³-hybridized carbons (Fsp3) is 0.533. The van der Waals surface area contributed by atoms with Crippen LogP contribution >= 0.6 is 11.6 Å². The third-order valence-electron chi connectivity index (χ3n) is 3.27. The van der Waals surface area contributed by atoms with Crippen LogP contribution in [0, 0.1) is 0 Å². The summed E-state index contributed by atoms with van der Waals surface area (Å²) in [5.74, 6) is -0.104. The number of nitrogen functional groups attached to an aromatic ring is 1. The highest BCUT2D eigenvalue weighted by Crippen LogP contribution is 2.24. The number of nitrogens with one attached hydrogen (secondary N) is 1. The molecule has 0 aromatic heterocycles. The molecule has 1 aliphatic heterocycles. The smallest absolute Gasteiger partial charge is 0.238 e. The van der Waals surface area contributed by atoms with E-state index in [1.54, 1.807) is 18.2 Å². The molecule has 1 aromatic carbocycles. The van der Waals surface area contributed by atoms with Gasteiger partial charge in [0, 0.05) is 18.8 Å². The highest BCUT2D eigenvalue weighted by molar-refractivity contribution is 6.33. The minimum atomic E-state index is -0.243. The number of benzene rings is 1. The van der Waals surface area contributed by atoms with Gasteiger partial charge in [-0.05, 0) is 39.0 Å². The number of carbonyl (C=O) groups is 1. The highest BCUT2D eigenvalue weighted by Gasteiger charge is 2.32. The minimum absolute atomic E-state index is 0.104. The zero-order valence-electron chi connectivity index (χ0n) is 12.6. The molecule has 5 nitrogen and oxygen atoms in total. The van der Waals surface area contributed by atoms with Crippen LogP contribution in [0.1, 0.15) is 20.8 Å². The van der Waals surface area contributed by atoms with E-state index in [1.807, 2.05) is 20.8 Å². The second kappa shape index (κ2) is 6.22. The van der Waals surface area contributed by atoms with Gasteiger partial charge in [0.25, 0.3) is 0 Å². The Bertz CT molecular complexity index is 534. The first kappa shape index (κ1) is 16.1. The Morgan fingerprint density at radius 3 is 2.95 bits per heavy atom. The van der Waals surface area contributed by atoms with Gasteiger partial charge in [0.05, 0.1) is 29.0 Å². The molecule has 1 amide bonds. The van der Waals surface area contributed by atoms with E-state index in [0.717, 1.165) is 13.1 Å². The van der Waals surface area contributed by atoms with Crippen LogP contribution in [0.25, 0.3) is 0 Å². The van der Waals surface area contributed by atoms with Gasteiger partial charge in [-0.15, -0.1) is 0 Å². The van der Waals surface area contributed by atoms with Crippen molar-refractivity contribution in [2.24, 2.45) is 0 Å². The van der Waals surface area contributed by atoms with E-state index in [9.17, 15) is 4.79 Å². The molecular formula is C15H22ClN3O2. The molecule has 1 heterocycles. The van der Waals surface area contributed by atoms with Crippen LogP contribution in [-0.4, -0.2) is 42.1 Å². The van der Waals surface area contributed by atoms with Crippen molar-refractivity contribution in [1.29, 1.82) is 0 Å². The first-order valence-electron chi connectivity index (χ1n) is 7.00. The normalized spacial score (nSPS) is 22.0. The van der Waals surface area contributed by atoms with Gasteiger partial charge in [0.15, 0.2) is 0 Å². The predicted molar refractivity (Wildman–Crippen MR) is 85.6 cm³/mol. The van der Waals surface area contributed by atoms with Crippen LogP contribution in [0.5, 0.6) is 0 Å². The SMILES string of the molecule is CC1CN(CC(=O)Nc2cc(N)ccc2Cl)CC(C)(C)O1. The summed E-state index contributed by atoms with van der Waals surface area (Å²) in [6, 6.07) is 5.03. The molecule has 1 unspecified atom stereocenters. The molecule has 21 heavy (non-hydrogen) atoms. The standard InChI is InChI=1S/C15H22ClN3O2/c1-10-7-19(9-15(2,3)21-10)8-14(20)18-13-6-11(17)4-5-12(13)16/h4-6,10H,7-9,17H2,1-3H3,(H,18,20). The monoisotopic (exact) mass is 311 g/mol. The third-order valence-corrected chi connectivity index (χ3v) is 3.60. The fourth-order valence-corrected chi connectivity index (χ4v) is 2.90. The molecule has 0 saturated carbocycles. The Labute approximate surface area is 130 Å². The molecule has 2 rings (SSSR count). The van der Waals surface area contributed by atoms with Gasteiger partial charge in [-0.2, -0.15) is 0 Å². The maximum atomic E-state index is 12.2. The van der Waals surface area contributed by atoms with Gasteiger partial charge < -0.3 is 15.8 Å². The number of halogens is 1. The van der Waals surface area contributed by atoms with Gasteiger partial charge in [-0.3, -0.25) is 9.69 Å². The molecule has 1 fully saturated rings. The lowest BCUT2D eigenvalue weighted by atomic mass is 10.1. The summed E-state index contributed by atoms with van der Waals surface area (Å²) in [6.07, 6.45) is 0.109. The van der Waals surface area contributed by atoms with Gasteiger partial charge in [0.2, 0.25) is 5.91 Å². The Balaban J connectivity index is 1.97. The Morgan fingerprint density at radius 1 is 1.57 bits per heavy atom. The zero-order chi connectivity index (χ0) is 15.6. The van der Waals surface area contributed by atoms with E-state index >= 15 is 0 Å². The van der Waals surface area contributed by atoms with Crippen molar-refractivity contribution in [3.63, 3.8) is 0 Å². The quantitative estimate of drug-likeness (QED) is 0.841. The van der Waals surface area contributed by atoms with E-state index in [4.69, 9.17) is 22.1 Å². The molecule has 0 bridgehead atoms. The lowest BCUT2D eigenvalue weighted by Gasteiger charge is -2.41. The van der Waals surface area contributed by atoms with Crippen LogP contribution in [0.2, 0.25) is 5.02 Å². The van der Waals surface area contributed by atoms with Gasteiger partial charge >= 0.3 is 0 Å². The first-order chi connectivity index (χ1) is 9.75. The molecule has 3 N–H and O–H groups in total. The Morgan fingerprint density at radius 2 is 2.29 bits per heavy atom. The summed E-state index contributed by atoms with van der Waals surface area (Å²) in [6.45, 7) is 7.84. The van der Waals surface area contributed by atoms with Gasteiger partial charge in [0.1, 0.15) is 0 Å². The average molecular weight is 312 g/mol. The van der Waals surface area contributed by atoms with Crippen molar-refractivity contribution >= 4 is 28.9 Å². The molecule has 0 spiro atoms. The molecule has 116 valence electrons. The molecule has 1 saturated heterocycles. The second-order valence-corrected chi connectivity index (χ2v) is 6.55. The summed E-state index contributed by atoms with van der Waals surface area (Å²) in [5, 5.41) is 3.29. The molecule has 0 radical (unpaired) electrons. The van der Waals surface area contributed by atoms with Crippen LogP contribution in [0.4, 0.5) is 11.4 Å². The van der Waals surface area contributed by atoms with Crippen molar-refractivity contribution in [3.05, 3.63) is 23.2 Å². The van der Waals surface area contributed by atoms with E-state index in [0.29, 0.717) is 22.9 Å². The fourth-order valence-electron chi connectivity index (χ4n) is 2.74. The summed E-state index contributed by atoms with van der Waals surface area (Å²) in [5.41, 5.74) is 6.57. The number of hydrogen-bond donors (Lipinski definition) is 2. The van der Waals surface area contributed by atoms with Crippen LogP contribution < -0.4 is 11.1 Å². The van der Waals surface area contributed by atoms with Crippen molar-refractivity contribution < 1.29 is 9.53 Å². The van der Waals surface area contributed by atoms with E-state index < -0.39 is 0 Å². The second-order valence-electron chi connectivity index (χ2n) is 6.15. The van der Waals surface area contributed by atoms with Crippen molar-refractivity contribution in [1.82, 2.24) is 4.90 Å². The Hall–Kier alpha value is -1.30. The molecule has 0 aliphatic carbocycles. The topological polar surface area (TPSA) is 67.6 Å². The highest BCUT2D eigenvalue weighted by atomic mass is 35.5. The molecule has 1 aromatic rings. The number of nitrogens with zero attached hydrogens (tertiary/aromatic N) is 1. The van der Waals surface area contributed by atoms with Crippen LogP contribution in [0.15, 0.2) is 18.2 Å². The summed E-state index contributed by atoms with van der Waals surface area (Å²) < 4.78 is 5.83. The summed E-state index contributed by atoms with van der Waals surface area (Å²) >= 11 is 6.05. The number of anilines is 2. The number of rotatable bonds is 3. The lowest BCUT2D eigenvalue weighted by Crippen LogP contribution is -2.53. The molecule has 1 atom stereocenters. The lowest BCUT2D eigenvalue weighted by molar-refractivity contribution is -0.136. The number of nitrogens with two attached hydrogens (primary N) is 1. The number of carbonyl (C=O) groups excluding carboxylic acids is 1. The van der Waals surface area contributed by atoms with E-state index in [1.165, 1.54) is 0 Å². The average Bonchev–Trinajstić information content (AvgIpc) is 2.31. The summed E-state index contributed by atoms with van der Waals surface area (Å²) in [7, 11) is 0. The molecular weight excluding hydrogens is 290 g/mol. The number of morpholine rings is 1. The number of ether oxygens (including phenoxy) is 1.